The van der Waals surface area contributed by atoms with Crippen molar-refractivity contribution >= 4 is 22.4 Å². The third-order valence-corrected chi connectivity index (χ3v) is 3.77. The number of hydrogen-bond acceptors (Lipinski definition) is 4. The molecule has 18 heavy (non-hydrogen) atoms. The van der Waals surface area contributed by atoms with Crippen molar-refractivity contribution in [3.05, 3.63) is 24.0 Å². The Hall–Kier alpha value is -1.84. The second kappa shape index (κ2) is 4.44. The van der Waals surface area contributed by atoms with Crippen molar-refractivity contribution in [1.82, 2.24) is 9.97 Å². The van der Waals surface area contributed by atoms with Gasteiger partial charge in [-0.2, -0.15) is 0 Å². The van der Waals surface area contributed by atoms with Crippen molar-refractivity contribution in [1.29, 1.82) is 0 Å². The van der Waals surface area contributed by atoms with E-state index in [9.17, 15) is 0 Å². The molecule has 0 atom stereocenters. The van der Waals surface area contributed by atoms with Crippen molar-refractivity contribution in [2.75, 3.05) is 11.5 Å². The first-order chi connectivity index (χ1) is 8.75. The highest BCUT2D eigenvalue weighted by Gasteiger charge is 2.19. The van der Waals surface area contributed by atoms with Crippen LogP contribution >= 0.6 is 0 Å². The molecule has 0 radical (unpaired) electrons. The van der Waals surface area contributed by atoms with Crippen LogP contribution in [0.15, 0.2) is 18.2 Å². The number of nitrogens with two attached hydrogens (primary N) is 2. The number of aromatic nitrogens is 2. The summed E-state index contributed by atoms with van der Waals surface area (Å²) in [6, 6.07) is 5.70. The number of anilines is 2. The van der Waals surface area contributed by atoms with Gasteiger partial charge in [-0.15, -0.1) is 0 Å². The maximum absolute atomic E-state index is 6.03. The highest BCUT2D eigenvalue weighted by Crippen LogP contribution is 2.33. The third kappa shape index (κ3) is 1.88. The van der Waals surface area contributed by atoms with Gasteiger partial charge >= 0.3 is 0 Å². The lowest BCUT2D eigenvalue weighted by Crippen LogP contribution is -2.11. The van der Waals surface area contributed by atoms with E-state index in [1.54, 1.807) is 0 Å². The molecule has 1 aromatic carbocycles. The molecule has 1 aliphatic carbocycles. The summed E-state index contributed by atoms with van der Waals surface area (Å²) in [7, 11) is 0. The van der Waals surface area contributed by atoms with E-state index in [0.717, 1.165) is 16.7 Å². The van der Waals surface area contributed by atoms with Crippen LogP contribution in [-0.2, 0) is 0 Å². The van der Waals surface area contributed by atoms with E-state index in [1.807, 2.05) is 18.2 Å². The molecule has 4 heteroatoms. The lowest BCUT2D eigenvalue weighted by Gasteiger charge is -2.20. The van der Waals surface area contributed by atoms with E-state index in [4.69, 9.17) is 11.5 Å². The van der Waals surface area contributed by atoms with E-state index < -0.39 is 0 Å². The molecule has 1 aliphatic rings. The van der Waals surface area contributed by atoms with Gasteiger partial charge < -0.3 is 11.5 Å². The summed E-state index contributed by atoms with van der Waals surface area (Å²) in [6.07, 6.45) is 6.21. The van der Waals surface area contributed by atoms with Gasteiger partial charge in [0.25, 0.3) is 0 Å². The fourth-order valence-electron chi connectivity index (χ4n) is 2.80. The number of benzene rings is 1. The average Bonchev–Trinajstić information content (AvgIpc) is 2.39. The van der Waals surface area contributed by atoms with Crippen molar-refractivity contribution in [2.24, 2.45) is 0 Å². The van der Waals surface area contributed by atoms with Crippen LogP contribution in [0, 0.1) is 0 Å². The highest BCUT2D eigenvalue weighted by atomic mass is 15.0. The van der Waals surface area contributed by atoms with Gasteiger partial charge in [0.15, 0.2) is 0 Å². The molecular weight excluding hydrogens is 224 g/mol. The first kappa shape index (κ1) is 11.3. The molecule has 0 saturated heterocycles. The molecule has 0 spiro atoms. The van der Waals surface area contributed by atoms with E-state index in [-0.39, 0.29) is 0 Å². The second-order valence-corrected chi connectivity index (χ2v) is 5.04. The first-order valence-corrected chi connectivity index (χ1v) is 6.57. The van der Waals surface area contributed by atoms with E-state index in [0.29, 0.717) is 17.4 Å². The number of fused-ring (bicyclic) bond motifs is 1. The Kier molecular flexibility index (Phi) is 2.78. The van der Waals surface area contributed by atoms with Crippen LogP contribution in [-0.4, -0.2) is 9.97 Å². The van der Waals surface area contributed by atoms with Gasteiger partial charge in [0.1, 0.15) is 11.6 Å². The fraction of sp³-hybridized carbons (Fsp3) is 0.429. The van der Waals surface area contributed by atoms with Gasteiger partial charge in [-0.05, 0) is 25.0 Å². The van der Waals surface area contributed by atoms with Crippen LogP contribution in [0.5, 0.6) is 0 Å². The van der Waals surface area contributed by atoms with E-state index in [2.05, 4.69) is 9.97 Å². The maximum Gasteiger partial charge on any atom is 0.137 e. The number of nitrogen functional groups attached to an aromatic ring is 2. The second-order valence-electron chi connectivity index (χ2n) is 5.04. The van der Waals surface area contributed by atoms with Crippen LogP contribution in [0.4, 0.5) is 11.5 Å². The van der Waals surface area contributed by atoms with Gasteiger partial charge in [0.2, 0.25) is 0 Å². The highest BCUT2D eigenvalue weighted by molar-refractivity contribution is 5.97. The minimum atomic E-state index is 0.465. The van der Waals surface area contributed by atoms with Crippen LogP contribution in [0.2, 0.25) is 0 Å². The summed E-state index contributed by atoms with van der Waals surface area (Å²) < 4.78 is 0. The lowest BCUT2D eigenvalue weighted by atomic mass is 9.88. The topological polar surface area (TPSA) is 77.8 Å². The summed E-state index contributed by atoms with van der Waals surface area (Å²) >= 11 is 0. The third-order valence-electron chi connectivity index (χ3n) is 3.77. The van der Waals surface area contributed by atoms with Crippen LogP contribution in [0.1, 0.15) is 43.8 Å². The molecule has 1 aromatic heterocycles. The largest absolute Gasteiger partial charge is 0.398 e. The van der Waals surface area contributed by atoms with Crippen molar-refractivity contribution in [3.63, 3.8) is 0 Å². The maximum atomic E-state index is 6.03. The van der Waals surface area contributed by atoms with Gasteiger partial charge in [-0.3, -0.25) is 0 Å². The van der Waals surface area contributed by atoms with Gasteiger partial charge in [-0.25, -0.2) is 9.97 Å². The molecule has 4 N–H and O–H groups in total. The zero-order valence-corrected chi connectivity index (χ0v) is 10.4. The lowest BCUT2D eigenvalue weighted by molar-refractivity contribution is 0.430. The van der Waals surface area contributed by atoms with E-state index >= 15 is 0 Å². The Labute approximate surface area is 106 Å². The zero-order chi connectivity index (χ0) is 12.5. The fourth-order valence-corrected chi connectivity index (χ4v) is 2.80. The summed E-state index contributed by atoms with van der Waals surface area (Å²) in [5.74, 6) is 1.87. The smallest absolute Gasteiger partial charge is 0.137 e. The summed E-state index contributed by atoms with van der Waals surface area (Å²) in [5.41, 5.74) is 13.5. The minimum Gasteiger partial charge on any atom is -0.398 e. The predicted molar refractivity (Wildman–Crippen MR) is 74.2 cm³/mol. The first-order valence-electron chi connectivity index (χ1n) is 6.57. The summed E-state index contributed by atoms with van der Waals surface area (Å²) in [4.78, 5) is 9.12. The van der Waals surface area contributed by atoms with Crippen LogP contribution in [0.25, 0.3) is 10.9 Å². The molecule has 0 amide bonds. The average molecular weight is 242 g/mol. The zero-order valence-electron chi connectivity index (χ0n) is 10.4. The Morgan fingerprint density at radius 3 is 2.56 bits per heavy atom. The van der Waals surface area contributed by atoms with Crippen molar-refractivity contribution in [2.45, 2.75) is 38.0 Å². The van der Waals surface area contributed by atoms with Crippen LogP contribution < -0.4 is 11.5 Å². The van der Waals surface area contributed by atoms with Crippen molar-refractivity contribution in [3.8, 4) is 0 Å². The van der Waals surface area contributed by atoms with E-state index in [1.165, 1.54) is 32.1 Å². The summed E-state index contributed by atoms with van der Waals surface area (Å²) in [5, 5.41) is 0.789. The Morgan fingerprint density at radius 2 is 1.78 bits per heavy atom. The molecular formula is C14H18N4. The van der Waals surface area contributed by atoms with Crippen LogP contribution in [0.3, 0.4) is 0 Å². The number of hydrogen-bond donors (Lipinski definition) is 2. The van der Waals surface area contributed by atoms with Gasteiger partial charge in [0.05, 0.1) is 10.9 Å². The molecule has 4 nitrogen and oxygen atoms in total. The monoisotopic (exact) mass is 242 g/mol. The van der Waals surface area contributed by atoms with Gasteiger partial charge in [-0.1, -0.05) is 25.3 Å². The molecule has 0 unspecified atom stereocenters. The Balaban J connectivity index is 2.09. The van der Waals surface area contributed by atoms with Gasteiger partial charge in [0, 0.05) is 11.6 Å². The quantitative estimate of drug-likeness (QED) is 0.754. The molecule has 2 aromatic rings. The SMILES string of the molecule is Nc1cccc2nc(C3CCCCC3)nc(N)c12. The normalized spacial score (nSPS) is 17.1. The van der Waals surface area contributed by atoms with Crippen molar-refractivity contribution < 1.29 is 0 Å². The number of rotatable bonds is 1. The molecule has 1 saturated carbocycles. The molecule has 94 valence electrons. The molecule has 0 bridgehead atoms. The number of nitrogens with zero attached hydrogens (tertiary/aromatic N) is 2. The standard InChI is InChI=1S/C14H18N4/c15-10-7-4-8-11-12(10)13(16)18-14(17-11)9-5-2-1-3-6-9/h4,7-9H,1-3,5-6,15H2,(H2,16,17,18). The predicted octanol–water partition coefficient (Wildman–Crippen LogP) is 2.84. The molecule has 1 heterocycles. The molecule has 1 fully saturated rings. The molecule has 3 rings (SSSR count). The molecule has 0 aliphatic heterocycles. The Bertz CT molecular complexity index is 573. The Morgan fingerprint density at radius 1 is 1.00 bits per heavy atom. The summed E-state index contributed by atoms with van der Waals surface area (Å²) in [6.45, 7) is 0. The minimum absolute atomic E-state index is 0.465.